The van der Waals surface area contributed by atoms with Gasteiger partial charge in [0.1, 0.15) is 0 Å². The summed E-state index contributed by atoms with van der Waals surface area (Å²) in [7, 11) is 1.92. The van der Waals surface area contributed by atoms with Crippen LogP contribution >= 0.6 is 23.4 Å². The molecule has 0 bridgehead atoms. The molecule has 0 aliphatic rings. The lowest BCUT2D eigenvalue weighted by Gasteiger charge is -1.99. The molecule has 0 aliphatic carbocycles. The maximum absolute atomic E-state index is 12.0. The number of H-pyrrole nitrogens is 1. The zero-order chi connectivity index (χ0) is 19.4. The summed E-state index contributed by atoms with van der Waals surface area (Å²) >= 11 is 7.32. The molecular formula is C17H15ClN5O3S+. The van der Waals surface area contributed by atoms with Crippen molar-refractivity contribution < 1.29 is 14.3 Å². The average Bonchev–Trinajstić information content (AvgIpc) is 2.97. The van der Waals surface area contributed by atoms with E-state index in [1.54, 1.807) is 0 Å². The van der Waals surface area contributed by atoms with E-state index in [0.717, 1.165) is 16.2 Å². The van der Waals surface area contributed by atoms with E-state index in [1.807, 2.05) is 35.9 Å². The second-order valence-corrected chi connectivity index (χ2v) is 6.92. The molecule has 10 heteroatoms. The number of non-ortho nitro benzene ring substituents is 1. The number of carbonyl (C=O) groups excluding carboxylic acids is 1. The lowest BCUT2D eigenvalue weighted by molar-refractivity contribution is -0.683. The number of halogens is 1. The van der Waals surface area contributed by atoms with Gasteiger partial charge in [0.2, 0.25) is 0 Å². The Morgan fingerprint density at radius 3 is 2.93 bits per heavy atom. The van der Waals surface area contributed by atoms with Gasteiger partial charge in [-0.15, -0.1) is 0 Å². The molecule has 8 nitrogen and oxygen atoms in total. The number of para-hydroxylation sites is 2. The van der Waals surface area contributed by atoms with Gasteiger partial charge in [0, 0.05) is 22.7 Å². The summed E-state index contributed by atoms with van der Waals surface area (Å²) in [6, 6.07) is 11.8. The van der Waals surface area contributed by atoms with Crippen LogP contribution in [0, 0.1) is 10.1 Å². The molecule has 1 heterocycles. The standard InChI is InChI=1S/C17H14ClN5O3S/c1-22-15-5-3-2-4-14(15)20-17(22)27-10-16(24)21-19-9-11-8-12(23(25)26)6-7-13(11)18/h2-9H,10H2,1H3,(H,21,24)/p+1. The first kappa shape index (κ1) is 18.9. The Morgan fingerprint density at radius 2 is 2.19 bits per heavy atom. The Bertz CT molecular complexity index is 1050. The lowest BCUT2D eigenvalue weighted by Crippen LogP contribution is -2.30. The van der Waals surface area contributed by atoms with E-state index in [2.05, 4.69) is 15.5 Å². The van der Waals surface area contributed by atoms with E-state index in [1.165, 1.54) is 36.2 Å². The fraction of sp³-hybridized carbons (Fsp3) is 0.118. The maximum Gasteiger partial charge on any atom is 0.317 e. The largest absolute Gasteiger partial charge is 0.317 e. The minimum Gasteiger partial charge on any atom is -0.272 e. The summed E-state index contributed by atoms with van der Waals surface area (Å²) in [6.07, 6.45) is 1.28. The smallest absolute Gasteiger partial charge is 0.272 e. The molecule has 27 heavy (non-hydrogen) atoms. The molecule has 1 amide bonds. The number of benzene rings is 2. The average molecular weight is 405 g/mol. The number of rotatable bonds is 6. The van der Waals surface area contributed by atoms with Gasteiger partial charge in [0.25, 0.3) is 11.6 Å². The minimum atomic E-state index is -0.525. The monoisotopic (exact) mass is 404 g/mol. The predicted molar refractivity (Wildman–Crippen MR) is 104 cm³/mol. The van der Waals surface area contributed by atoms with Gasteiger partial charge in [0.05, 0.1) is 23.9 Å². The van der Waals surface area contributed by atoms with Crippen LogP contribution in [-0.2, 0) is 11.8 Å². The van der Waals surface area contributed by atoms with Crippen LogP contribution in [0.4, 0.5) is 5.69 Å². The number of imidazole rings is 1. The molecule has 3 aromatic rings. The summed E-state index contributed by atoms with van der Waals surface area (Å²) in [4.78, 5) is 25.5. The summed E-state index contributed by atoms with van der Waals surface area (Å²) in [5.74, 6) is -0.155. The number of hydrogen-bond acceptors (Lipinski definition) is 5. The molecule has 0 atom stereocenters. The van der Waals surface area contributed by atoms with E-state index in [9.17, 15) is 14.9 Å². The first-order chi connectivity index (χ1) is 13.0. The molecule has 0 aliphatic heterocycles. The van der Waals surface area contributed by atoms with Gasteiger partial charge >= 0.3 is 5.16 Å². The second-order valence-electron chi connectivity index (χ2n) is 5.55. The number of thioether (sulfide) groups is 1. The number of aromatic amines is 1. The molecule has 2 aromatic carbocycles. The number of nitrogens with zero attached hydrogens (tertiary/aromatic N) is 3. The van der Waals surface area contributed by atoms with Crippen molar-refractivity contribution in [3.05, 3.63) is 63.2 Å². The number of amides is 1. The van der Waals surface area contributed by atoms with Gasteiger partial charge in [0.15, 0.2) is 11.0 Å². The van der Waals surface area contributed by atoms with E-state index < -0.39 is 4.92 Å². The van der Waals surface area contributed by atoms with Gasteiger partial charge in [-0.3, -0.25) is 14.9 Å². The van der Waals surface area contributed by atoms with Gasteiger partial charge in [-0.2, -0.15) is 5.10 Å². The Balaban J connectivity index is 1.59. The fourth-order valence-corrected chi connectivity index (χ4v) is 3.37. The normalized spacial score (nSPS) is 11.2. The predicted octanol–water partition coefficient (Wildman–Crippen LogP) is 2.80. The lowest BCUT2D eigenvalue weighted by atomic mass is 10.2. The van der Waals surface area contributed by atoms with Crippen LogP contribution in [-0.4, -0.2) is 27.8 Å². The van der Waals surface area contributed by atoms with Crippen molar-refractivity contribution in [3.8, 4) is 0 Å². The van der Waals surface area contributed by atoms with Gasteiger partial charge in [-0.25, -0.2) is 15.0 Å². The molecule has 1 aromatic heterocycles. The van der Waals surface area contributed by atoms with Crippen LogP contribution in [0.3, 0.4) is 0 Å². The number of carbonyl (C=O) groups is 1. The molecule has 0 radical (unpaired) electrons. The molecule has 3 rings (SSSR count). The van der Waals surface area contributed by atoms with Crippen molar-refractivity contribution >= 4 is 52.2 Å². The molecular weight excluding hydrogens is 390 g/mol. The minimum absolute atomic E-state index is 0.103. The van der Waals surface area contributed by atoms with Crippen molar-refractivity contribution in [3.63, 3.8) is 0 Å². The molecule has 138 valence electrons. The van der Waals surface area contributed by atoms with Crippen molar-refractivity contribution in [2.24, 2.45) is 12.1 Å². The summed E-state index contributed by atoms with van der Waals surface area (Å²) < 4.78 is 1.97. The quantitative estimate of drug-likeness (QED) is 0.217. The van der Waals surface area contributed by atoms with Crippen LogP contribution < -0.4 is 9.99 Å². The van der Waals surface area contributed by atoms with Crippen molar-refractivity contribution in [2.45, 2.75) is 5.16 Å². The summed E-state index contributed by atoms with van der Waals surface area (Å²) in [5.41, 5.74) is 4.66. The van der Waals surface area contributed by atoms with Crippen LogP contribution in [0.25, 0.3) is 11.0 Å². The summed E-state index contributed by atoms with van der Waals surface area (Å²) in [5, 5.41) is 15.8. The third kappa shape index (κ3) is 4.44. The van der Waals surface area contributed by atoms with Crippen LogP contribution in [0.1, 0.15) is 5.56 Å². The Labute approximate surface area is 163 Å². The Hall–Kier alpha value is -2.91. The van der Waals surface area contributed by atoms with Crippen LogP contribution in [0.5, 0.6) is 0 Å². The molecule has 0 unspecified atom stereocenters. The number of aromatic nitrogens is 2. The summed E-state index contributed by atoms with van der Waals surface area (Å²) in [6.45, 7) is 0. The third-order valence-electron chi connectivity index (χ3n) is 3.73. The number of aryl methyl sites for hydroxylation is 1. The van der Waals surface area contributed by atoms with Crippen LogP contribution in [0.15, 0.2) is 52.7 Å². The van der Waals surface area contributed by atoms with E-state index in [0.29, 0.717) is 10.6 Å². The topological polar surface area (TPSA) is 104 Å². The van der Waals surface area contributed by atoms with E-state index in [4.69, 9.17) is 11.6 Å². The van der Waals surface area contributed by atoms with Gasteiger partial charge < -0.3 is 0 Å². The molecule has 0 fully saturated rings. The maximum atomic E-state index is 12.0. The fourth-order valence-electron chi connectivity index (χ4n) is 2.40. The highest BCUT2D eigenvalue weighted by atomic mass is 35.5. The third-order valence-corrected chi connectivity index (χ3v) is 5.14. The highest BCUT2D eigenvalue weighted by Crippen LogP contribution is 2.20. The first-order valence-corrected chi connectivity index (χ1v) is 9.17. The van der Waals surface area contributed by atoms with Crippen molar-refractivity contribution in [1.29, 1.82) is 0 Å². The van der Waals surface area contributed by atoms with Gasteiger partial charge in [-0.1, -0.05) is 23.7 Å². The Kier molecular flexibility index (Phi) is 5.72. The van der Waals surface area contributed by atoms with E-state index in [-0.39, 0.29) is 17.3 Å². The zero-order valence-electron chi connectivity index (χ0n) is 14.2. The Morgan fingerprint density at radius 1 is 1.41 bits per heavy atom. The number of nitrogens with one attached hydrogen (secondary N) is 2. The number of fused-ring (bicyclic) bond motifs is 1. The first-order valence-electron chi connectivity index (χ1n) is 7.81. The molecule has 0 saturated carbocycles. The zero-order valence-corrected chi connectivity index (χ0v) is 15.8. The number of nitro benzene ring substituents is 1. The molecule has 0 spiro atoms. The SMILES string of the molecule is C[n+]1c(SCC(=O)NN=Cc2cc([N+](=O)[O-])ccc2Cl)[nH]c2ccccc21. The number of hydrogen-bond donors (Lipinski definition) is 2. The highest BCUT2D eigenvalue weighted by Gasteiger charge is 2.16. The van der Waals surface area contributed by atoms with E-state index >= 15 is 0 Å². The number of nitro groups is 1. The van der Waals surface area contributed by atoms with Crippen molar-refractivity contribution in [2.75, 3.05) is 5.75 Å². The number of hydrazone groups is 1. The molecule has 2 N–H and O–H groups in total. The highest BCUT2D eigenvalue weighted by molar-refractivity contribution is 7.99. The van der Waals surface area contributed by atoms with Crippen molar-refractivity contribution in [1.82, 2.24) is 10.4 Å². The molecule has 0 saturated heterocycles. The van der Waals surface area contributed by atoms with Gasteiger partial charge in [-0.05, 0) is 30.0 Å². The second kappa shape index (κ2) is 8.19. The van der Waals surface area contributed by atoms with Crippen LogP contribution in [0.2, 0.25) is 5.02 Å².